The highest BCUT2D eigenvalue weighted by Gasteiger charge is 2.01. The van der Waals surface area contributed by atoms with Crippen molar-refractivity contribution in [3.05, 3.63) is 23.8 Å². The first kappa shape index (κ1) is 12.4. The van der Waals surface area contributed by atoms with Crippen LogP contribution in [-0.2, 0) is 0 Å². The summed E-state index contributed by atoms with van der Waals surface area (Å²) in [6.07, 6.45) is 7.52. The Balaban J connectivity index is 3.75. The predicted octanol–water partition coefficient (Wildman–Crippen LogP) is 3.24. The van der Waals surface area contributed by atoms with E-state index in [0.717, 1.165) is 6.54 Å². The van der Waals surface area contributed by atoms with Gasteiger partial charge in [-0.1, -0.05) is 23.8 Å². The van der Waals surface area contributed by atoms with Crippen LogP contribution in [0.25, 0.3) is 0 Å². The zero-order chi connectivity index (χ0) is 10.3. The minimum Gasteiger partial charge on any atom is -0.304 e. The smallest absolute Gasteiger partial charge is 0.00356 e. The Hall–Kier alpha value is -0.560. The van der Waals surface area contributed by atoms with Crippen molar-refractivity contribution in [3.63, 3.8) is 0 Å². The number of hydrogen-bond donors (Lipinski definition) is 0. The molecule has 0 heterocycles. The Kier molecular flexibility index (Phi) is 6.61. The number of hydrogen-bond acceptors (Lipinski definition) is 1. The maximum atomic E-state index is 2.37. The molecule has 0 aromatic carbocycles. The second-order valence-electron chi connectivity index (χ2n) is 3.86. The SMILES string of the molecule is C/C=C\C=C(/C)CCN(C)C(C)C. The molecule has 0 radical (unpaired) electrons. The average molecular weight is 181 g/mol. The molecule has 1 heteroatoms. The third-order valence-electron chi connectivity index (χ3n) is 2.31. The molecule has 13 heavy (non-hydrogen) atoms. The van der Waals surface area contributed by atoms with Crippen molar-refractivity contribution in [3.8, 4) is 0 Å². The van der Waals surface area contributed by atoms with E-state index in [1.807, 2.05) is 6.92 Å². The Morgan fingerprint density at radius 2 is 2.00 bits per heavy atom. The van der Waals surface area contributed by atoms with Crippen molar-refractivity contribution in [1.82, 2.24) is 4.90 Å². The van der Waals surface area contributed by atoms with Gasteiger partial charge in [0.15, 0.2) is 0 Å². The average Bonchev–Trinajstić information content (AvgIpc) is 2.10. The lowest BCUT2D eigenvalue weighted by molar-refractivity contribution is 0.277. The van der Waals surface area contributed by atoms with Gasteiger partial charge in [-0.2, -0.15) is 0 Å². The Morgan fingerprint density at radius 1 is 1.38 bits per heavy atom. The van der Waals surface area contributed by atoms with E-state index in [1.54, 1.807) is 0 Å². The van der Waals surface area contributed by atoms with E-state index >= 15 is 0 Å². The van der Waals surface area contributed by atoms with Crippen molar-refractivity contribution in [1.29, 1.82) is 0 Å². The van der Waals surface area contributed by atoms with Gasteiger partial charge in [0.05, 0.1) is 0 Å². The number of nitrogens with zero attached hydrogens (tertiary/aromatic N) is 1. The van der Waals surface area contributed by atoms with E-state index in [4.69, 9.17) is 0 Å². The van der Waals surface area contributed by atoms with Gasteiger partial charge in [-0.25, -0.2) is 0 Å². The molecule has 0 bridgehead atoms. The minimum atomic E-state index is 0.648. The van der Waals surface area contributed by atoms with Gasteiger partial charge in [0.1, 0.15) is 0 Å². The van der Waals surface area contributed by atoms with Crippen LogP contribution in [0.5, 0.6) is 0 Å². The van der Waals surface area contributed by atoms with Crippen molar-refractivity contribution < 1.29 is 0 Å². The van der Waals surface area contributed by atoms with E-state index in [2.05, 4.69) is 50.9 Å². The van der Waals surface area contributed by atoms with Gasteiger partial charge in [0.2, 0.25) is 0 Å². The quantitative estimate of drug-likeness (QED) is 0.589. The van der Waals surface area contributed by atoms with Crippen LogP contribution in [0.2, 0.25) is 0 Å². The zero-order valence-corrected chi connectivity index (χ0v) is 9.67. The molecular formula is C12H23N. The number of allylic oxidation sites excluding steroid dienone is 3. The first-order chi connectivity index (χ1) is 6.07. The summed E-state index contributed by atoms with van der Waals surface area (Å²) in [5, 5.41) is 0. The van der Waals surface area contributed by atoms with E-state index in [9.17, 15) is 0 Å². The van der Waals surface area contributed by atoms with Gasteiger partial charge in [-0.05, 0) is 41.2 Å². The normalized spacial score (nSPS) is 13.6. The molecule has 0 unspecified atom stereocenters. The van der Waals surface area contributed by atoms with E-state index in [-0.39, 0.29) is 0 Å². The Labute approximate surface area is 83.1 Å². The fraction of sp³-hybridized carbons (Fsp3) is 0.667. The van der Waals surface area contributed by atoms with Crippen molar-refractivity contribution >= 4 is 0 Å². The first-order valence-corrected chi connectivity index (χ1v) is 5.06. The van der Waals surface area contributed by atoms with Crippen LogP contribution < -0.4 is 0 Å². The lowest BCUT2D eigenvalue weighted by Crippen LogP contribution is -2.27. The van der Waals surface area contributed by atoms with E-state index in [0.29, 0.717) is 6.04 Å². The summed E-state index contributed by atoms with van der Waals surface area (Å²) >= 11 is 0. The van der Waals surface area contributed by atoms with Crippen molar-refractivity contribution in [2.24, 2.45) is 0 Å². The first-order valence-electron chi connectivity index (χ1n) is 5.06. The number of rotatable bonds is 5. The summed E-state index contributed by atoms with van der Waals surface area (Å²) in [5.41, 5.74) is 1.45. The second-order valence-corrected chi connectivity index (χ2v) is 3.86. The highest BCUT2D eigenvalue weighted by Crippen LogP contribution is 2.03. The zero-order valence-electron chi connectivity index (χ0n) is 9.67. The Bertz CT molecular complexity index is 178. The van der Waals surface area contributed by atoms with Gasteiger partial charge in [-0.3, -0.25) is 0 Å². The molecule has 0 spiro atoms. The topological polar surface area (TPSA) is 3.24 Å². The molecule has 0 aliphatic carbocycles. The van der Waals surface area contributed by atoms with Crippen LogP contribution >= 0.6 is 0 Å². The van der Waals surface area contributed by atoms with Crippen molar-refractivity contribution in [2.45, 2.75) is 40.2 Å². The molecule has 0 fully saturated rings. The summed E-state index contributed by atoms with van der Waals surface area (Å²) in [5.74, 6) is 0. The largest absolute Gasteiger partial charge is 0.304 e. The van der Waals surface area contributed by atoms with E-state index < -0.39 is 0 Å². The van der Waals surface area contributed by atoms with Gasteiger partial charge in [0.25, 0.3) is 0 Å². The highest BCUT2D eigenvalue weighted by atomic mass is 15.1. The van der Waals surface area contributed by atoms with Gasteiger partial charge in [-0.15, -0.1) is 0 Å². The van der Waals surface area contributed by atoms with Gasteiger partial charge >= 0.3 is 0 Å². The van der Waals surface area contributed by atoms with Crippen molar-refractivity contribution in [2.75, 3.05) is 13.6 Å². The maximum absolute atomic E-state index is 2.37. The molecule has 0 atom stereocenters. The molecular weight excluding hydrogens is 158 g/mol. The molecule has 0 saturated carbocycles. The van der Waals surface area contributed by atoms with Crippen LogP contribution in [0.3, 0.4) is 0 Å². The van der Waals surface area contributed by atoms with Crippen LogP contribution in [0.4, 0.5) is 0 Å². The molecule has 0 amide bonds. The molecule has 0 saturated heterocycles. The fourth-order valence-electron chi connectivity index (χ4n) is 0.955. The lowest BCUT2D eigenvalue weighted by atomic mass is 10.2. The highest BCUT2D eigenvalue weighted by molar-refractivity contribution is 5.09. The van der Waals surface area contributed by atoms with Gasteiger partial charge in [0, 0.05) is 12.6 Å². The standard InChI is InChI=1S/C12H23N/c1-6-7-8-12(4)9-10-13(5)11(2)3/h6-8,11H,9-10H2,1-5H3/b7-6-,12-8+. The minimum absolute atomic E-state index is 0.648. The van der Waals surface area contributed by atoms with Gasteiger partial charge < -0.3 is 4.90 Å². The summed E-state index contributed by atoms with van der Waals surface area (Å²) < 4.78 is 0. The second kappa shape index (κ2) is 6.90. The maximum Gasteiger partial charge on any atom is 0.00356 e. The molecule has 1 nitrogen and oxygen atoms in total. The summed E-state index contributed by atoms with van der Waals surface area (Å²) in [7, 11) is 2.17. The van der Waals surface area contributed by atoms with Crippen LogP contribution in [0.1, 0.15) is 34.1 Å². The van der Waals surface area contributed by atoms with Crippen LogP contribution in [0.15, 0.2) is 23.8 Å². The summed E-state index contributed by atoms with van der Waals surface area (Å²) in [6, 6.07) is 0.648. The molecule has 0 aromatic rings. The third kappa shape index (κ3) is 6.59. The molecule has 0 aromatic heterocycles. The van der Waals surface area contributed by atoms with Crippen LogP contribution in [0, 0.1) is 0 Å². The molecule has 0 rings (SSSR count). The molecule has 0 N–H and O–H groups in total. The predicted molar refractivity (Wildman–Crippen MR) is 61.0 cm³/mol. The molecule has 0 aliphatic rings. The lowest BCUT2D eigenvalue weighted by Gasteiger charge is -2.20. The van der Waals surface area contributed by atoms with Crippen LogP contribution in [-0.4, -0.2) is 24.5 Å². The summed E-state index contributed by atoms with van der Waals surface area (Å²) in [4.78, 5) is 2.37. The monoisotopic (exact) mass is 181 g/mol. The van der Waals surface area contributed by atoms with E-state index in [1.165, 1.54) is 12.0 Å². The third-order valence-corrected chi connectivity index (χ3v) is 2.31. The fourth-order valence-corrected chi connectivity index (χ4v) is 0.955. The molecule has 0 aliphatic heterocycles. The molecule has 76 valence electrons. The Morgan fingerprint density at radius 3 is 2.46 bits per heavy atom. The summed E-state index contributed by atoms with van der Waals surface area (Å²) in [6.45, 7) is 9.84.